The predicted molar refractivity (Wildman–Crippen MR) is 152 cm³/mol. The molecule has 0 bridgehead atoms. The van der Waals surface area contributed by atoms with Crippen LogP contribution >= 0.6 is 0 Å². The van der Waals surface area contributed by atoms with E-state index in [4.69, 9.17) is 14.9 Å². The first kappa shape index (κ1) is 26.2. The van der Waals surface area contributed by atoms with Crippen LogP contribution < -0.4 is 15.4 Å². The first-order chi connectivity index (χ1) is 17.7. The highest BCUT2D eigenvalue weighted by atomic mass is 28.4. The van der Waals surface area contributed by atoms with E-state index < -0.39 is 8.32 Å². The van der Waals surface area contributed by atoms with Crippen LogP contribution in [0.1, 0.15) is 84.1 Å². The molecule has 7 nitrogen and oxygen atoms in total. The summed E-state index contributed by atoms with van der Waals surface area (Å²) in [5.41, 5.74) is 11.3. The number of fused-ring (bicyclic) bond motifs is 2. The van der Waals surface area contributed by atoms with Crippen LogP contribution in [-0.4, -0.2) is 42.1 Å². The Morgan fingerprint density at radius 2 is 1.59 bits per heavy atom. The van der Waals surface area contributed by atoms with Gasteiger partial charge in [-0.3, -0.25) is 4.40 Å². The summed E-state index contributed by atoms with van der Waals surface area (Å²) in [6.45, 7) is 15.9. The third-order valence-corrected chi connectivity index (χ3v) is 14.8. The lowest BCUT2D eigenvalue weighted by atomic mass is 9.86. The molecule has 3 aromatic rings. The van der Waals surface area contributed by atoms with Gasteiger partial charge < -0.3 is 19.8 Å². The van der Waals surface area contributed by atoms with Gasteiger partial charge in [0.15, 0.2) is 5.65 Å². The van der Waals surface area contributed by atoms with Crippen molar-refractivity contribution in [3.63, 3.8) is 0 Å². The normalized spacial score (nSPS) is 22.4. The smallest absolute Gasteiger partial charge is 0.231 e. The van der Waals surface area contributed by atoms with E-state index in [1.165, 1.54) is 11.1 Å². The van der Waals surface area contributed by atoms with Gasteiger partial charge in [-0.25, -0.2) is 0 Å². The van der Waals surface area contributed by atoms with Crippen molar-refractivity contribution >= 4 is 19.9 Å². The molecule has 1 aromatic carbocycles. The van der Waals surface area contributed by atoms with Gasteiger partial charge in [0.25, 0.3) is 0 Å². The maximum atomic E-state index is 7.09. The molecule has 8 heteroatoms. The van der Waals surface area contributed by atoms with Crippen molar-refractivity contribution in [2.45, 2.75) is 95.7 Å². The summed E-state index contributed by atoms with van der Waals surface area (Å²) < 4.78 is 15.7. The number of benzene rings is 1. The highest BCUT2D eigenvalue weighted by Crippen LogP contribution is 2.44. The molecule has 1 fully saturated rings. The highest BCUT2D eigenvalue weighted by Gasteiger charge is 2.47. The Kier molecular flexibility index (Phi) is 7.35. The van der Waals surface area contributed by atoms with Crippen LogP contribution in [0, 0.1) is 0 Å². The molecule has 37 heavy (non-hydrogen) atoms. The third-order valence-electron chi connectivity index (χ3n) is 8.62. The lowest BCUT2D eigenvalue weighted by Gasteiger charge is -2.44. The molecule has 0 amide bonds. The monoisotopic (exact) mass is 521 g/mol. The summed E-state index contributed by atoms with van der Waals surface area (Å²) in [6, 6.07) is 12.4. The molecule has 1 aliphatic carbocycles. The van der Waals surface area contributed by atoms with Gasteiger partial charge in [-0.05, 0) is 59.1 Å². The molecule has 1 saturated heterocycles. The van der Waals surface area contributed by atoms with Gasteiger partial charge in [0, 0.05) is 19.1 Å². The molecular formula is C29H43N5O2Si. The molecule has 3 atom stereocenters. The van der Waals surface area contributed by atoms with Crippen LogP contribution in [0.4, 0.5) is 5.95 Å². The summed E-state index contributed by atoms with van der Waals surface area (Å²) in [6.07, 6.45) is 5.11. The molecule has 3 heterocycles. The number of nitrogens with zero attached hydrogens (tertiary/aromatic N) is 4. The first-order valence-electron chi connectivity index (χ1n) is 14.0. The molecule has 2 aliphatic rings. The van der Waals surface area contributed by atoms with E-state index in [-0.39, 0.29) is 18.2 Å². The fraction of sp³-hybridized carbons (Fsp3) is 0.586. The molecule has 200 valence electrons. The second-order valence-corrected chi connectivity index (χ2v) is 17.2. The number of ether oxygens (including phenoxy) is 1. The lowest BCUT2D eigenvalue weighted by molar-refractivity contribution is 0.176. The largest absolute Gasteiger partial charge is 0.484 e. The minimum absolute atomic E-state index is 0.000806. The van der Waals surface area contributed by atoms with E-state index in [1.54, 1.807) is 0 Å². The quantitative estimate of drug-likeness (QED) is 0.345. The van der Waals surface area contributed by atoms with Crippen molar-refractivity contribution in [1.82, 2.24) is 14.6 Å². The maximum Gasteiger partial charge on any atom is 0.231 e. The summed E-state index contributed by atoms with van der Waals surface area (Å²) in [7, 11) is -1.93. The van der Waals surface area contributed by atoms with Crippen LogP contribution in [0.15, 0.2) is 42.6 Å². The molecule has 5 rings (SSSR count). The van der Waals surface area contributed by atoms with Crippen molar-refractivity contribution in [3.05, 3.63) is 53.7 Å². The van der Waals surface area contributed by atoms with Crippen molar-refractivity contribution < 1.29 is 9.16 Å². The lowest BCUT2D eigenvalue weighted by Crippen LogP contribution is -2.50. The van der Waals surface area contributed by atoms with Crippen molar-refractivity contribution in [2.75, 3.05) is 18.0 Å². The number of anilines is 1. The Balaban J connectivity index is 1.35. The number of pyridine rings is 1. The van der Waals surface area contributed by atoms with Crippen molar-refractivity contribution in [1.29, 1.82) is 0 Å². The zero-order valence-electron chi connectivity index (χ0n) is 23.2. The van der Waals surface area contributed by atoms with E-state index in [0.717, 1.165) is 49.7 Å². The number of rotatable bonds is 8. The molecule has 0 spiro atoms. The second kappa shape index (κ2) is 10.4. The van der Waals surface area contributed by atoms with Gasteiger partial charge in [-0.15, -0.1) is 10.2 Å². The van der Waals surface area contributed by atoms with Crippen LogP contribution in [0.2, 0.25) is 16.6 Å². The summed E-state index contributed by atoms with van der Waals surface area (Å²) in [5, 5.41) is 9.02. The summed E-state index contributed by atoms with van der Waals surface area (Å²) in [5.74, 6) is 1.69. The second-order valence-electron chi connectivity index (χ2n) is 11.8. The zero-order chi connectivity index (χ0) is 26.3. The highest BCUT2D eigenvalue weighted by molar-refractivity contribution is 6.77. The average Bonchev–Trinajstić information content (AvgIpc) is 3.50. The number of aromatic nitrogens is 3. The Morgan fingerprint density at radius 1 is 0.892 bits per heavy atom. The maximum absolute atomic E-state index is 7.09. The topological polar surface area (TPSA) is 77.9 Å². The molecule has 1 unspecified atom stereocenters. The van der Waals surface area contributed by atoms with E-state index in [2.05, 4.69) is 85.3 Å². The molecular weight excluding hydrogens is 478 g/mol. The zero-order valence-corrected chi connectivity index (χ0v) is 24.2. The van der Waals surface area contributed by atoms with E-state index in [1.807, 2.05) is 18.3 Å². The predicted octanol–water partition coefficient (Wildman–Crippen LogP) is 6.41. The molecule has 2 aromatic heterocycles. The SMILES string of the molecule is CC(C)[Si](O[C@@H]1CCN(c2nnc3ccc(O[C@@H]4CCC(N)c5ccccc54)cn23)C1)(C(C)C)C(C)C. The average molecular weight is 522 g/mol. The van der Waals surface area contributed by atoms with Gasteiger partial charge in [-0.1, -0.05) is 65.8 Å². The Bertz CT molecular complexity index is 1200. The Hall–Kier alpha value is -2.42. The van der Waals surface area contributed by atoms with Gasteiger partial charge in [0.1, 0.15) is 11.9 Å². The van der Waals surface area contributed by atoms with Gasteiger partial charge >= 0.3 is 0 Å². The Morgan fingerprint density at radius 3 is 2.30 bits per heavy atom. The van der Waals surface area contributed by atoms with Gasteiger partial charge in [-0.2, -0.15) is 0 Å². The van der Waals surface area contributed by atoms with E-state index in [0.29, 0.717) is 16.6 Å². The standard InChI is InChI=1S/C29H43N5O2Si/c1-19(2)37(20(3)4,21(5)6)36-23-15-16-33(17-23)29-32-31-28-14-11-22(18-34(28)29)35-27-13-12-26(30)24-9-7-8-10-25(24)27/h7-11,14,18-21,23,26-27H,12-13,15-17,30H2,1-6H3/t23-,26?,27-/m1/s1. The van der Waals surface area contributed by atoms with Crippen molar-refractivity contribution in [2.24, 2.45) is 5.73 Å². The van der Waals surface area contributed by atoms with Gasteiger partial charge in [0.05, 0.1) is 12.3 Å². The van der Waals surface area contributed by atoms with Crippen LogP contribution in [0.5, 0.6) is 5.75 Å². The minimum atomic E-state index is -1.93. The van der Waals surface area contributed by atoms with Gasteiger partial charge in [0.2, 0.25) is 14.3 Å². The van der Waals surface area contributed by atoms with Crippen LogP contribution in [0.25, 0.3) is 5.65 Å². The summed E-state index contributed by atoms with van der Waals surface area (Å²) in [4.78, 5) is 2.32. The molecule has 2 N–H and O–H groups in total. The Labute approximate surface area is 222 Å². The van der Waals surface area contributed by atoms with E-state index in [9.17, 15) is 0 Å². The van der Waals surface area contributed by atoms with Crippen LogP contribution in [-0.2, 0) is 4.43 Å². The number of hydrogen-bond donors (Lipinski definition) is 1. The number of nitrogens with two attached hydrogens (primary N) is 1. The van der Waals surface area contributed by atoms with Crippen LogP contribution in [0.3, 0.4) is 0 Å². The number of hydrogen-bond acceptors (Lipinski definition) is 6. The van der Waals surface area contributed by atoms with Crippen molar-refractivity contribution in [3.8, 4) is 5.75 Å². The fourth-order valence-corrected chi connectivity index (χ4v) is 12.5. The molecule has 0 saturated carbocycles. The fourth-order valence-electron chi connectivity index (χ4n) is 6.92. The van der Waals surface area contributed by atoms with E-state index >= 15 is 0 Å². The molecule has 1 aliphatic heterocycles. The third kappa shape index (κ3) is 4.79. The minimum Gasteiger partial charge on any atom is -0.484 e. The molecule has 0 radical (unpaired) electrons. The first-order valence-corrected chi connectivity index (χ1v) is 16.1. The summed E-state index contributed by atoms with van der Waals surface area (Å²) >= 11 is 0.